The maximum absolute atomic E-state index is 11.8. The van der Waals surface area contributed by atoms with Crippen molar-refractivity contribution in [2.75, 3.05) is 6.61 Å². The van der Waals surface area contributed by atoms with Gasteiger partial charge in [-0.1, -0.05) is 11.6 Å². The molecule has 1 aromatic carbocycles. The number of carbonyl (C=O) groups excluding carboxylic acids is 1. The van der Waals surface area contributed by atoms with E-state index in [1.165, 1.54) is 11.6 Å². The fourth-order valence-corrected chi connectivity index (χ4v) is 4.30. The largest absolute Gasteiger partial charge is 0.486 e. The van der Waals surface area contributed by atoms with Crippen molar-refractivity contribution < 1.29 is 29.6 Å². The van der Waals surface area contributed by atoms with Gasteiger partial charge in [0.15, 0.2) is 12.1 Å². The molecule has 1 amide bonds. The van der Waals surface area contributed by atoms with E-state index in [2.05, 4.69) is 10.4 Å². The van der Waals surface area contributed by atoms with Gasteiger partial charge in [-0.3, -0.25) is 9.36 Å². The van der Waals surface area contributed by atoms with Crippen molar-refractivity contribution in [2.24, 2.45) is 0 Å². The zero-order valence-corrected chi connectivity index (χ0v) is 18.9. The highest BCUT2D eigenvalue weighted by Crippen LogP contribution is 2.38. The van der Waals surface area contributed by atoms with Gasteiger partial charge in [0, 0.05) is 18.0 Å². The van der Waals surface area contributed by atoms with Gasteiger partial charge in [0.05, 0.1) is 6.61 Å². The van der Waals surface area contributed by atoms with Gasteiger partial charge in [0.2, 0.25) is 10.7 Å². The highest BCUT2D eigenvalue weighted by atomic mass is 35.5. The topological polar surface area (TPSA) is 131 Å². The minimum atomic E-state index is -1.39. The molecule has 2 aliphatic rings. The molecule has 4 N–H and O–H groups in total. The van der Waals surface area contributed by atoms with Crippen molar-refractivity contribution in [3.8, 4) is 5.75 Å². The van der Waals surface area contributed by atoms with Crippen molar-refractivity contribution in [3.63, 3.8) is 0 Å². The van der Waals surface area contributed by atoms with Crippen molar-refractivity contribution in [1.29, 1.82) is 0 Å². The van der Waals surface area contributed by atoms with E-state index < -0.39 is 43.1 Å². The number of nitrogens with one attached hydrogen (secondary N) is 1. The van der Waals surface area contributed by atoms with Crippen LogP contribution in [0.15, 0.2) is 24.3 Å². The molecule has 174 valence electrons. The first-order valence-corrected chi connectivity index (χ1v) is 11.1. The van der Waals surface area contributed by atoms with E-state index in [1.54, 1.807) is 24.3 Å². The number of rotatable bonds is 7. The number of hydrogen-bond acceptors (Lipinski definition) is 8. The number of ether oxygens (including phenoxy) is 2. The lowest BCUT2D eigenvalue weighted by Gasteiger charge is -2.42. The Bertz CT molecular complexity index is 1020. The Balaban J connectivity index is 1.66. The third kappa shape index (κ3) is 4.68. The van der Waals surface area contributed by atoms with Crippen LogP contribution in [-0.2, 0) is 16.1 Å². The highest BCUT2D eigenvalue weighted by molar-refractivity contribution is 7.71. The van der Waals surface area contributed by atoms with Crippen LogP contribution >= 0.6 is 23.8 Å². The summed E-state index contributed by atoms with van der Waals surface area (Å²) in [4.78, 5) is 11.8. The Labute approximate surface area is 194 Å². The van der Waals surface area contributed by atoms with E-state index in [-0.39, 0.29) is 12.6 Å². The van der Waals surface area contributed by atoms with Crippen LogP contribution in [0.5, 0.6) is 5.75 Å². The molecule has 10 nitrogen and oxygen atoms in total. The summed E-state index contributed by atoms with van der Waals surface area (Å²) in [5.41, 5.74) is 0. The van der Waals surface area contributed by atoms with E-state index in [9.17, 15) is 20.1 Å². The fraction of sp³-hybridized carbons (Fsp3) is 0.550. The summed E-state index contributed by atoms with van der Waals surface area (Å²) in [6, 6.07) is 6.08. The number of aliphatic hydroxyl groups excluding tert-OH is 3. The van der Waals surface area contributed by atoms with Gasteiger partial charge in [-0.25, -0.2) is 4.68 Å². The number of carbonyl (C=O) groups is 1. The number of halogens is 1. The molecule has 2 heterocycles. The highest BCUT2D eigenvalue weighted by Gasteiger charge is 2.47. The number of nitrogens with zero attached hydrogens (tertiary/aromatic N) is 3. The Morgan fingerprint density at radius 1 is 1.31 bits per heavy atom. The molecule has 0 spiro atoms. The Morgan fingerprint density at radius 2 is 2.00 bits per heavy atom. The molecule has 1 aliphatic carbocycles. The molecule has 1 aromatic heterocycles. The molecule has 32 heavy (non-hydrogen) atoms. The molecule has 12 heteroatoms. The third-order valence-corrected chi connectivity index (χ3v) is 6.14. The fourth-order valence-electron chi connectivity index (χ4n) is 3.78. The van der Waals surface area contributed by atoms with Crippen molar-refractivity contribution in [1.82, 2.24) is 19.7 Å². The Morgan fingerprint density at radius 3 is 2.59 bits per heavy atom. The van der Waals surface area contributed by atoms with E-state index in [0.29, 0.717) is 21.4 Å². The average molecular weight is 485 g/mol. The first-order chi connectivity index (χ1) is 15.3. The smallest absolute Gasteiger partial charge is 0.217 e. The SMILES string of the molecule is CC(=O)N[C@@H]1[C@H](O)[C@H](O)[C@@H](CO)O[C@H]1n1nc(COc2ccc(Cl)cc2)n(C2CC2)c1=S. The minimum absolute atomic E-state index is 0.126. The molecule has 0 bridgehead atoms. The Hall–Kier alpha value is -2.02. The summed E-state index contributed by atoms with van der Waals surface area (Å²) < 4.78 is 15.3. The molecule has 4 rings (SSSR count). The normalized spacial score (nSPS) is 27.8. The lowest BCUT2D eigenvalue weighted by molar-refractivity contribution is -0.219. The van der Waals surface area contributed by atoms with Crippen LogP contribution in [0, 0.1) is 4.77 Å². The van der Waals surface area contributed by atoms with Crippen molar-refractivity contribution in [3.05, 3.63) is 39.9 Å². The van der Waals surface area contributed by atoms with Gasteiger partial charge in [0.1, 0.15) is 36.7 Å². The second kappa shape index (κ2) is 9.46. The van der Waals surface area contributed by atoms with Crippen LogP contribution in [0.4, 0.5) is 0 Å². The lowest BCUT2D eigenvalue weighted by Crippen LogP contribution is -2.62. The molecular weight excluding hydrogens is 460 g/mol. The maximum atomic E-state index is 11.8. The summed E-state index contributed by atoms with van der Waals surface area (Å²) in [6.45, 7) is 0.896. The zero-order chi connectivity index (χ0) is 23.0. The second-order valence-electron chi connectivity index (χ2n) is 7.94. The standard InChI is InChI=1S/C20H25ClN4O6S/c1-10(27)22-16-18(29)17(28)14(8-26)31-19(16)25-20(32)24(12-4-5-12)15(23-25)9-30-13-6-2-11(21)3-7-13/h2-3,6-7,12,14,16-19,26,28-29H,4-5,8-9H2,1H3,(H,22,27)/t14-,16-,17-,18+,19-/m1/s1. The summed E-state index contributed by atoms with van der Waals surface area (Å²) in [5, 5.41) is 38.3. The average Bonchev–Trinajstić information content (AvgIpc) is 3.54. The van der Waals surface area contributed by atoms with Crippen LogP contribution in [0.1, 0.15) is 37.9 Å². The summed E-state index contributed by atoms with van der Waals surface area (Å²) in [6.07, 6.45) is -3.00. The van der Waals surface area contributed by atoms with Crippen LogP contribution < -0.4 is 10.1 Å². The number of hydrogen-bond donors (Lipinski definition) is 4. The minimum Gasteiger partial charge on any atom is -0.486 e. The molecule has 2 fully saturated rings. The zero-order valence-electron chi connectivity index (χ0n) is 17.3. The molecule has 0 radical (unpaired) electrons. The predicted octanol–water partition coefficient (Wildman–Crippen LogP) is 1.10. The molecule has 1 saturated heterocycles. The first-order valence-electron chi connectivity index (χ1n) is 10.3. The number of aliphatic hydroxyl groups is 3. The van der Waals surface area contributed by atoms with Gasteiger partial charge in [-0.2, -0.15) is 5.10 Å². The van der Waals surface area contributed by atoms with E-state index >= 15 is 0 Å². The molecule has 1 saturated carbocycles. The molecular formula is C20H25ClN4O6S. The number of amides is 1. The second-order valence-corrected chi connectivity index (χ2v) is 8.74. The van der Waals surface area contributed by atoms with Gasteiger partial charge in [0.25, 0.3) is 0 Å². The van der Waals surface area contributed by atoms with Crippen molar-refractivity contribution >= 4 is 29.7 Å². The lowest BCUT2D eigenvalue weighted by atomic mass is 9.96. The molecule has 0 unspecified atom stereocenters. The predicted molar refractivity (Wildman–Crippen MR) is 116 cm³/mol. The van der Waals surface area contributed by atoms with Gasteiger partial charge in [-0.15, -0.1) is 0 Å². The summed E-state index contributed by atoms with van der Waals surface area (Å²) >= 11 is 11.6. The first kappa shape index (κ1) is 23.1. The quantitative estimate of drug-likeness (QED) is 0.430. The number of benzene rings is 1. The monoisotopic (exact) mass is 484 g/mol. The van der Waals surface area contributed by atoms with Crippen LogP contribution in [0.25, 0.3) is 0 Å². The summed E-state index contributed by atoms with van der Waals surface area (Å²) in [7, 11) is 0. The summed E-state index contributed by atoms with van der Waals surface area (Å²) in [5.74, 6) is 0.747. The van der Waals surface area contributed by atoms with E-state index in [1.807, 2.05) is 4.57 Å². The van der Waals surface area contributed by atoms with Gasteiger partial charge < -0.3 is 30.1 Å². The van der Waals surface area contributed by atoms with E-state index in [0.717, 1.165) is 12.8 Å². The van der Waals surface area contributed by atoms with Crippen LogP contribution in [-0.4, -0.2) is 66.5 Å². The van der Waals surface area contributed by atoms with Crippen LogP contribution in [0.3, 0.4) is 0 Å². The number of aromatic nitrogens is 3. The molecule has 2 aromatic rings. The molecule has 5 atom stereocenters. The third-order valence-electron chi connectivity index (χ3n) is 5.51. The van der Waals surface area contributed by atoms with E-state index in [4.69, 9.17) is 33.3 Å². The Kier molecular flexibility index (Phi) is 6.84. The van der Waals surface area contributed by atoms with Gasteiger partial charge >= 0.3 is 0 Å². The van der Waals surface area contributed by atoms with Crippen molar-refractivity contribution in [2.45, 2.75) is 63.0 Å². The van der Waals surface area contributed by atoms with Gasteiger partial charge in [-0.05, 0) is 49.3 Å². The maximum Gasteiger partial charge on any atom is 0.217 e. The molecule has 1 aliphatic heterocycles. The van der Waals surface area contributed by atoms with Crippen LogP contribution in [0.2, 0.25) is 5.02 Å².